The highest BCUT2D eigenvalue weighted by Gasteiger charge is 2.23. The Morgan fingerprint density at radius 1 is 1.20 bits per heavy atom. The van der Waals surface area contributed by atoms with Gasteiger partial charge >= 0.3 is 0 Å². The quantitative estimate of drug-likeness (QED) is 0.620. The van der Waals surface area contributed by atoms with Crippen molar-refractivity contribution in [1.82, 2.24) is 5.32 Å². The van der Waals surface area contributed by atoms with Crippen LogP contribution in [0.25, 0.3) is 0 Å². The molecule has 1 aromatic rings. The van der Waals surface area contributed by atoms with Gasteiger partial charge in [-0.05, 0) is 42.4 Å². The van der Waals surface area contributed by atoms with E-state index in [1.54, 1.807) is 14.2 Å². The van der Waals surface area contributed by atoms with Gasteiger partial charge in [-0.2, -0.15) is 0 Å². The first-order valence-corrected chi connectivity index (χ1v) is 9.27. The zero-order chi connectivity index (χ0) is 18.1. The maximum atomic E-state index is 5.90. The van der Waals surface area contributed by atoms with Crippen molar-refractivity contribution in [3.63, 3.8) is 0 Å². The van der Waals surface area contributed by atoms with Crippen molar-refractivity contribution in [3.05, 3.63) is 23.8 Å². The normalized spacial score (nSPS) is 18.5. The number of benzene rings is 1. The van der Waals surface area contributed by atoms with E-state index in [4.69, 9.17) is 18.9 Å². The Morgan fingerprint density at radius 2 is 2.04 bits per heavy atom. The first kappa shape index (κ1) is 20.0. The molecule has 142 valence electrons. The van der Waals surface area contributed by atoms with Crippen LogP contribution in [0.2, 0.25) is 0 Å². The van der Waals surface area contributed by atoms with Crippen LogP contribution in [0.4, 0.5) is 0 Å². The van der Waals surface area contributed by atoms with Crippen LogP contribution in [-0.4, -0.2) is 46.8 Å². The molecule has 25 heavy (non-hydrogen) atoms. The maximum Gasteiger partial charge on any atom is 0.161 e. The third-order valence-electron chi connectivity index (χ3n) is 4.73. The summed E-state index contributed by atoms with van der Waals surface area (Å²) in [4.78, 5) is 0. The van der Waals surface area contributed by atoms with Gasteiger partial charge in [0.1, 0.15) is 6.23 Å². The molecular formula is C20H33NO4. The fourth-order valence-electron chi connectivity index (χ4n) is 3.15. The highest BCUT2D eigenvalue weighted by molar-refractivity contribution is 5.43. The molecule has 5 nitrogen and oxygen atoms in total. The topological polar surface area (TPSA) is 49.0 Å². The van der Waals surface area contributed by atoms with E-state index in [2.05, 4.69) is 31.3 Å². The van der Waals surface area contributed by atoms with Crippen molar-refractivity contribution < 1.29 is 18.9 Å². The van der Waals surface area contributed by atoms with Gasteiger partial charge in [0, 0.05) is 26.7 Å². The lowest BCUT2D eigenvalue weighted by Gasteiger charge is -2.24. The highest BCUT2D eigenvalue weighted by Crippen LogP contribution is 2.31. The molecule has 5 heteroatoms. The number of rotatable bonds is 11. The summed E-state index contributed by atoms with van der Waals surface area (Å²) >= 11 is 0. The number of hydrogen-bond donors (Lipinski definition) is 1. The summed E-state index contributed by atoms with van der Waals surface area (Å²) in [5.41, 5.74) is 1.28. The lowest BCUT2D eigenvalue weighted by molar-refractivity contribution is 0.0720. The fraction of sp³-hybridized carbons (Fsp3) is 0.700. The summed E-state index contributed by atoms with van der Waals surface area (Å²) in [6, 6.07) is 6.26. The van der Waals surface area contributed by atoms with Gasteiger partial charge in [0.25, 0.3) is 0 Å². The smallest absolute Gasteiger partial charge is 0.161 e. The lowest BCUT2D eigenvalue weighted by Crippen LogP contribution is -2.28. The highest BCUT2D eigenvalue weighted by atomic mass is 16.5. The SMILES string of the molecule is COCCCOc1cc(C[C@@H](CC2NCCO2)C(C)C)ccc1OC. The van der Waals surface area contributed by atoms with Crippen LogP contribution in [0.3, 0.4) is 0 Å². The van der Waals surface area contributed by atoms with E-state index in [0.717, 1.165) is 43.9 Å². The third-order valence-corrected chi connectivity index (χ3v) is 4.73. The molecule has 0 spiro atoms. The minimum absolute atomic E-state index is 0.190. The average Bonchev–Trinajstić information content (AvgIpc) is 3.11. The van der Waals surface area contributed by atoms with E-state index in [9.17, 15) is 0 Å². The van der Waals surface area contributed by atoms with E-state index in [1.807, 2.05) is 6.07 Å². The van der Waals surface area contributed by atoms with Crippen LogP contribution in [-0.2, 0) is 15.9 Å². The molecule has 1 heterocycles. The second-order valence-electron chi connectivity index (χ2n) is 6.94. The summed E-state index contributed by atoms with van der Waals surface area (Å²) < 4.78 is 22.1. The summed E-state index contributed by atoms with van der Waals surface area (Å²) in [6.45, 7) is 7.67. The van der Waals surface area contributed by atoms with E-state index in [0.29, 0.717) is 25.0 Å². The minimum atomic E-state index is 0.190. The van der Waals surface area contributed by atoms with E-state index >= 15 is 0 Å². The number of hydrogen-bond acceptors (Lipinski definition) is 5. The molecule has 2 rings (SSSR count). The average molecular weight is 351 g/mol. The molecule has 0 amide bonds. The monoisotopic (exact) mass is 351 g/mol. The second kappa shape index (κ2) is 10.6. The second-order valence-corrected chi connectivity index (χ2v) is 6.94. The van der Waals surface area contributed by atoms with E-state index in [-0.39, 0.29) is 6.23 Å². The Balaban J connectivity index is 2.00. The first-order chi connectivity index (χ1) is 12.1. The molecule has 0 aromatic heterocycles. The fourth-order valence-corrected chi connectivity index (χ4v) is 3.15. The van der Waals surface area contributed by atoms with Crippen LogP contribution in [0, 0.1) is 11.8 Å². The van der Waals surface area contributed by atoms with Crippen LogP contribution in [0.1, 0.15) is 32.3 Å². The third kappa shape index (κ3) is 6.49. The Labute approximate surface area is 152 Å². The molecule has 2 atom stereocenters. The van der Waals surface area contributed by atoms with Crippen molar-refractivity contribution in [1.29, 1.82) is 0 Å². The van der Waals surface area contributed by atoms with Gasteiger partial charge in [-0.25, -0.2) is 0 Å². The van der Waals surface area contributed by atoms with Gasteiger partial charge in [-0.15, -0.1) is 0 Å². The molecule has 1 fully saturated rings. The number of ether oxygens (including phenoxy) is 4. The Hall–Kier alpha value is -1.30. The van der Waals surface area contributed by atoms with E-state index in [1.165, 1.54) is 5.56 Å². The zero-order valence-corrected chi connectivity index (χ0v) is 16.0. The molecule has 1 unspecified atom stereocenters. The van der Waals surface area contributed by atoms with Crippen molar-refractivity contribution in [3.8, 4) is 11.5 Å². The largest absolute Gasteiger partial charge is 0.493 e. The number of nitrogens with one attached hydrogen (secondary N) is 1. The van der Waals surface area contributed by atoms with Crippen molar-refractivity contribution in [2.24, 2.45) is 11.8 Å². The maximum absolute atomic E-state index is 5.90. The Morgan fingerprint density at radius 3 is 2.68 bits per heavy atom. The molecule has 1 aliphatic heterocycles. The molecule has 1 saturated heterocycles. The van der Waals surface area contributed by atoms with Crippen LogP contribution >= 0.6 is 0 Å². The van der Waals surface area contributed by atoms with Gasteiger partial charge in [0.05, 0.1) is 20.3 Å². The van der Waals surface area contributed by atoms with Crippen molar-refractivity contribution >= 4 is 0 Å². The van der Waals surface area contributed by atoms with Gasteiger partial charge in [-0.1, -0.05) is 19.9 Å². The molecule has 1 N–H and O–H groups in total. The summed E-state index contributed by atoms with van der Waals surface area (Å²) in [7, 11) is 3.38. The van der Waals surface area contributed by atoms with Gasteiger partial charge in [0.2, 0.25) is 0 Å². The van der Waals surface area contributed by atoms with Crippen LogP contribution in [0.5, 0.6) is 11.5 Å². The molecular weight excluding hydrogens is 318 g/mol. The predicted molar refractivity (Wildman–Crippen MR) is 99.4 cm³/mol. The first-order valence-electron chi connectivity index (χ1n) is 9.27. The van der Waals surface area contributed by atoms with Gasteiger partial charge in [-0.3, -0.25) is 5.32 Å². The molecule has 1 aromatic carbocycles. The van der Waals surface area contributed by atoms with Gasteiger partial charge < -0.3 is 18.9 Å². The van der Waals surface area contributed by atoms with Gasteiger partial charge in [0.15, 0.2) is 11.5 Å². The summed E-state index contributed by atoms with van der Waals surface area (Å²) in [6.07, 6.45) is 3.10. The minimum Gasteiger partial charge on any atom is -0.493 e. The van der Waals surface area contributed by atoms with Crippen LogP contribution in [0.15, 0.2) is 18.2 Å². The molecule has 0 saturated carbocycles. The molecule has 0 radical (unpaired) electrons. The summed E-state index contributed by atoms with van der Waals surface area (Å²) in [5, 5.41) is 3.42. The lowest BCUT2D eigenvalue weighted by atomic mass is 9.86. The standard InChI is InChI=1S/C20H33NO4/c1-15(2)17(14-20-21-8-11-25-20)12-16-6-7-18(23-4)19(13-16)24-10-5-9-22-3/h6-7,13,15,17,20-21H,5,8-12,14H2,1-4H3/t17-,20?/m0/s1. The summed E-state index contributed by atoms with van der Waals surface area (Å²) in [5.74, 6) is 2.75. The zero-order valence-electron chi connectivity index (χ0n) is 16.0. The molecule has 0 bridgehead atoms. The predicted octanol–water partition coefficient (Wildman–Crippen LogP) is 3.26. The molecule has 1 aliphatic rings. The Kier molecular flexibility index (Phi) is 8.52. The number of methoxy groups -OCH3 is 2. The molecule has 0 aliphatic carbocycles. The Bertz CT molecular complexity index is 500. The van der Waals surface area contributed by atoms with Crippen molar-refractivity contribution in [2.45, 2.75) is 39.3 Å². The van der Waals surface area contributed by atoms with Crippen molar-refractivity contribution in [2.75, 3.05) is 40.6 Å². The van der Waals surface area contributed by atoms with E-state index < -0.39 is 0 Å². The van der Waals surface area contributed by atoms with Crippen LogP contribution < -0.4 is 14.8 Å².